The predicted octanol–water partition coefficient (Wildman–Crippen LogP) is 2.40. The van der Waals surface area contributed by atoms with Crippen LogP contribution in [0.15, 0.2) is 24.3 Å². The molecule has 21 heavy (non-hydrogen) atoms. The van der Waals surface area contributed by atoms with E-state index >= 15 is 0 Å². The van der Waals surface area contributed by atoms with Gasteiger partial charge in [0, 0.05) is 12.5 Å². The quantitative estimate of drug-likeness (QED) is 0.914. The van der Waals surface area contributed by atoms with Crippen LogP contribution in [0.2, 0.25) is 0 Å². The molecule has 0 bridgehead atoms. The number of hydrogen-bond acceptors (Lipinski definition) is 5. The van der Waals surface area contributed by atoms with Gasteiger partial charge in [0.2, 0.25) is 5.13 Å². The van der Waals surface area contributed by atoms with Crippen LogP contribution in [0.4, 0.5) is 9.52 Å². The summed E-state index contributed by atoms with van der Waals surface area (Å²) >= 11 is 1.35. The van der Waals surface area contributed by atoms with E-state index in [0.29, 0.717) is 11.0 Å². The average Bonchev–Trinajstić information content (AvgIpc) is 2.97. The van der Waals surface area contributed by atoms with Gasteiger partial charge in [-0.15, -0.1) is 10.2 Å². The third-order valence-corrected chi connectivity index (χ3v) is 4.43. The first-order chi connectivity index (χ1) is 10.2. The molecule has 0 aliphatic carbocycles. The molecule has 5 nitrogen and oxygen atoms in total. The zero-order valence-corrected chi connectivity index (χ0v) is 12.1. The van der Waals surface area contributed by atoms with E-state index in [0.717, 1.165) is 30.9 Å². The molecule has 1 aromatic carbocycles. The van der Waals surface area contributed by atoms with Gasteiger partial charge in [-0.25, -0.2) is 4.39 Å². The van der Waals surface area contributed by atoms with Crippen molar-refractivity contribution in [3.63, 3.8) is 0 Å². The lowest BCUT2D eigenvalue weighted by Gasteiger charge is -2.19. The van der Waals surface area contributed by atoms with E-state index in [9.17, 15) is 9.18 Å². The second-order valence-corrected chi connectivity index (χ2v) is 5.93. The molecule has 1 aliphatic heterocycles. The normalized spacial score (nSPS) is 18.4. The topological polar surface area (TPSA) is 66.9 Å². The summed E-state index contributed by atoms with van der Waals surface area (Å²) in [5, 5.41) is 15.3. The summed E-state index contributed by atoms with van der Waals surface area (Å²) in [6, 6.07) is 5.87. The highest BCUT2D eigenvalue weighted by atomic mass is 32.1. The predicted molar refractivity (Wildman–Crippen MR) is 79.1 cm³/mol. The summed E-state index contributed by atoms with van der Waals surface area (Å²) in [6.45, 7) is 1.92. The van der Waals surface area contributed by atoms with Gasteiger partial charge in [0.05, 0.1) is 5.56 Å². The number of nitrogens with zero attached hydrogens (tertiary/aromatic N) is 2. The number of rotatable bonds is 3. The van der Waals surface area contributed by atoms with Gasteiger partial charge in [-0.3, -0.25) is 10.1 Å². The molecule has 1 aliphatic rings. The van der Waals surface area contributed by atoms with Gasteiger partial charge >= 0.3 is 0 Å². The first-order valence-electron chi connectivity index (χ1n) is 6.84. The molecule has 1 aromatic heterocycles. The first kappa shape index (κ1) is 14.1. The number of carbonyl (C=O) groups excluding carboxylic acids is 1. The lowest BCUT2D eigenvalue weighted by atomic mass is 10.0. The van der Waals surface area contributed by atoms with Gasteiger partial charge in [0.1, 0.15) is 10.8 Å². The molecule has 1 amide bonds. The largest absolute Gasteiger partial charge is 0.316 e. The van der Waals surface area contributed by atoms with E-state index in [2.05, 4.69) is 20.8 Å². The second kappa shape index (κ2) is 6.28. The molecular weight excluding hydrogens is 291 g/mol. The van der Waals surface area contributed by atoms with Crippen LogP contribution >= 0.6 is 11.3 Å². The minimum absolute atomic E-state index is 0.00795. The maximum absolute atomic E-state index is 13.5. The summed E-state index contributed by atoms with van der Waals surface area (Å²) in [5.74, 6) is -0.704. The Morgan fingerprint density at radius 1 is 1.38 bits per heavy atom. The Morgan fingerprint density at radius 2 is 2.24 bits per heavy atom. The molecule has 110 valence electrons. The van der Waals surface area contributed by atoms with E-state index in [1.807, 2.05) is 0 Å². The smallest absolute Gasteiger partial charge is 0.260 e. The van der Waals surface area contributed by atoms with Crippen molar-refractivity contribution in [2.45, 2.75) is 18.8 Å². The lowest BCUT2D eigenvalue weighted by Crippen LogP contribution is -2.28. The van der Waals surface area contributed by atoms with E-state index in [4.69, 9.17) is 0 Å². The minimum Gasteiger partial charge on any atom is -0.316 e. The zero-order valence-electron chi connectivity index (χ0n) is 11.3. The van der Waals surface area contributed by atoms with Crippen molar-refractivity contribution in [3.05, 3.63) is 40.7 Å². The number of nitrogens with one attached hydrogen (secondary N) is 2. The number of piperidine rings is 1. The highest BCUT2D eigenvalue weighted by Crippen LogP contribution is 2.28. The lowest BCUT2D eigenvalue weighted by molar-refractivity contribution is 0.102. The molecule has 3 rings (SSSR count). The fourth-order valence-electron chi connectivity index (χ4n) is 2.32. The van der Waals surface area contributed by atoms with Gasteiger partial charge in [-0.2, -0.15) is 0 Å². The van der Waals surface area contributed by atoms with Crippen molar-refractivity contribution in [2.24, 2.45) is 0 Å². The van der Waals surface area contributed by atoms with Crippen LogP contribution < -0.4 is 10.6 Å². The van der Waals surface area contributed by atoms with Crippen LogP contribution in [-0.4, -0.2) is 29.2 Å². The third-order valence-electron chi connectivity index (χ3n) is 3.43. The monoisotopic (exact) mass is 306 g/mol. The maximum Gasteiger partial charge on any atom is 0.260 e. The van der Waals surface area contributed by atoms with Crippen molar-refractivity contribution < 1.29 is 9.18 Å². The molecule has 2 aromatic rings. The third kappa shape index (κ3) is 3.25. The van der Waals surface area contributed by atoms with Crippen LogP contribution in [0.25, 0.3) is 0 Å². The van der Waals surface area contributed by atoms with Gasteiger partial charge in [-0.05, 0) is 31.5 Å². The van der Waals surface area contributed by atoms with Gasteiger partial charge in [-0.1, -0.05) is 23.5 Å². The Kier molecular flexibility index (Phi) is 4.21. The van der Waals surface area contributed by atoms with Crippen LogP contribution in [0.5, 0.6) is 0 Å². The fourth-order valence-corrected chi connectivity index (χ4v) is 3.20. The average molecular weight is 306 g/mol. The van der Waals surface area contributed by atoms with E-state index in [1.165, 1.54) is 23.5 Å². The molecule has 1 fully saturated rings. The molecule has 1 saturated heterocycles. The minimum atomic E-state index is -0.545. The van der Waals surface area contributed by atoms with Crippen LogP contribution in [0.1, 0.15) is 34.1 Å². The number of benzene rings is 1. The van der Waals surface area contributed by atoms with Crippen molar-refractivity contribution >= 4 is 22.4 Å². The van der Waals surface area contributed by atoms with E-state index < -0.39 is 11.7 Å². The number of halogens is 1. The molecule has 0 spiro atoms. The Bertz CT molecular complexity index is 639. The Hall–Kier alpha value is -1.86. The number of hydrogen-bond donors (Lipinski definition) is 2. The SMILES string of the molecule is O=C(Nc1nnc(C2CCCNC2)s1)c1ccccc1F. The highest BCUT2D eigenvalue weighted by molar-refractivity contribution is 7.15. The molecular formula is C14H15FN4OS. The number of amides is 1. The molecule has 2 heterocycles. The van der Waals surface area contributed by atoms with Crippen molar-refractivity contribution in [3.8, 4) is 0 Å². The maximum atomic E-state index is 13.5. The van der Waals surface area contributed by atoms with Crippen LogP contribution in [0.3, 0.4) is 0 Å². The molecule has 0 saturated carbocycles. The number of aromatic nitrogens is 2. The molecule has 1 unspecified atom stereocenters. The zero-order chi connectivity index (χ0) is 14.7. The van der Waals surface area contributed by atoms with Gasteiger partial charge in [0.25, 0.3) is 5.91 Å². The molecule has 1 atom stereocenters. The Morgan fingerprint density at radius 3 is 3.00 bits per heavy atom. The Balaban J connectivity index is 1.69. The van der Waals surface area contributed by atoms with E-state index in [-0.39, 0.29) is 5.56 Å². The second-order valence-electron chi connectivity index (χ2n) is 4.92. The summed E-state index contributed by atoms with van der Waals surface area (Å²) in [7, 11) is 0. The van der Waals surface area contributed by atoms with Crippen molar-refractivity contribution in [2.75, 3.05) is 18.4 Å². The first-order valence-corrected chi connectivity index (χ1v) is 7.65. The van der Waals surface area contributed by atoms with E-state index in [1.54, 1.807) is 12.1 Å². The fraction of sp³-hybridized carbons (Fsp3) is 0.357. The van der Waals surface area contributed by atoms with Gasteiger partial charge < -0.3 is 5.32 Å². The molecule has 0 radical (unpaired) electrons. The standard InChI is InChI=1S/C14H15FN4OS/c15-11-6-2-1-5-10(11)12(20)17-14-19-18-13(21-14)9-4-3-7-16-8-9/h1-2,5-6,9,16H,3-4,7-8H2,(H,17,19,20). The van der Waals surface area contributed by atoms with Crippen molar-refractivity contribution in [1.82, 2.24) is 15.5 Å². The summed E-state index contributed by atoms with van der Waals surface area (Å²) < 4.78 is 13.5. The molecule has 7 heteroatoms. The van der Waals surface area contributed by atoms with Crippen molar-refractivity contribution in [1.29, 1.82) is 0 Å². The number of anilines is 1. The summed E-state index contributed by atoms with van der Waals surface area (Å²) in [6.07, 6.45) is 2.18. The van der Waals surface area contributed by atoms with Crippen LogP contribution in [-0.2, 0) is 0 Å². The van der Waals surface area contributed by atoms with Gasteiger partial charge in [0.15, 0.2) is 0 Å². The number of carbonyl (C=O) groups is 1. The summed E-state index contributed by atoms with van der Waals surface area (Å²) in [5.41, 5.74) is 0.00795. The highest BCUT2D eigenvalue weighted by Gasteiger charge is 2.20. The molecule has 2 N–H and O–H groups in total. The summed E-state index contributed by atoms with van der Waals surface area (Å²) in [4.78, 5) is 12.0. The van der Waals surface area contributed by atoms with Crippen LogP contribution in [0, 0.1) is 5.82 Å². The Labute approximate surface area is 125 Å².